The van der Waals surface area contributed by atoms with Gasteiger partial charge in [0.2, 0.25) is 15.9 Å². The Kier molecular flexibility index (Phi) is 8.21. The van der Waals surface area contributed by atoms with Gasteiger partial charge in [-0.1, -0.05) is 20.3 Å². The molecule has 0 unspecified atom stereocenters. The molecule has 0 spiro atoms. The molecule has 2 heterocycles. The number of nitrogens with one attached hydrogen (secondary N) is 1. The topological polar surface area (TPSA) is 91.7 Å². The zero-order valence-electron chi connectivity index (χ0n) is 17.1. The number of aromatic nitrogens is 1. The lowest BCUT2D eigenvalue weighted by Gasteiger charge is -2.33. The lowest BCUT2D eigenvalue weighted by Crippen LogP contribution is -2.43. The van der Waals surface area contributed by atoms with Crippen molar-refractivity contribution in [1.29, 1.82) is 0 Å². The summed E-state index contributed by atoms with van der Waals surface area (Å²) in [7, 11) is -3.68. The molecule has 0 saturated carbocycles. The van der Waals surface area contributed by atoms with Gasteiger partial charge in [-0.25, -0.2) is 8.42 Å². The van der Waals surface area contributed by atoms with Gasteiger partial charge >= 0.3 is 0 Å². The molecule has 1 saturated heterocycles. The number of likely N-dealkylation sites (tertiary alicyclic amines) is 1. The van der Waals surface area contributed by atoms with E-state index in [1.807, 2.05) is 0 Å². The predicted octanol–water partition coefficient (Wildman–Crippen LogP) is 0.869. The van der Waals surface area contributed by atoms with Crippen LogP contribution in [0.3, 0.4) is 0 Å². The lowest BCUT2D eigenvalue weighted by molar-refractivity contribution is -0.121. The molecular weight excluding hydrogens is 380 g/mol. The summed E-state index contributed by atoms with van der Waals surface area (Å²) in [5, 5.41) is 2.83. The molecule has 8 nitrogen and oxygen atoms in total. The molecule has 1 amide bonds. The maximum absolute atomic E-state index is 12.6. The van der Waals surface area contributed by atoms with E-state index < -0.39 is 15.6 Å². The van der Waals surface area contributed by atoms with Crippen LogP contribution in [0.15, 0.2) is 28.0 Å². The quantitative estimate of drug-likeness (QED) is 0.650. The van der Waals surface area contributed by atoms with Gasteiger partial charge in [0, 0.05) is 44.5 Å². The third-order valence-corrected chi connectivity index (χ3v) is 7.31. The molecule has 158 valence electrons. The Balaban J connectivity index is 1.99. The highest BCUT2D eigenvalue weighted by molar-refractivity contribution is 7.89. The largest absolute Gasteiger partial charge is 0.353 e. The number of hydrogen-bond donors (Lipinski definition) is 1. The van der Waals surface area contributed by atoms with Crippen LogP contribution in [0.4, 0.5) is 0 Å². The molecule has 0 bridgehead atoms. The van der Waals surface area contributed by atoms with E-state index in [4.69, 9.17) is 0 Å². The second-order valence-electron chi connectivity index (χ2n) is 7.15. The van der Waals surface area contributed by atoms with E-state index in [1.165, 1.54) is 41.9 Å². The third-order valence-electron chi connectivity index (χ3n) is 5.28. The molecule has 1 aromatic rings. The van der Waals surface area contributed by atoms with Crippen LogP contribution in [0.2, 0.25) is 0 Å². The van der Waals surface area contributed by atoms with Crippen LogP contribution < -0.4 is 10.9 Å². The Labute approximate surface area is 167 Å². The van der Waals surface area contributed by atoms with Crippen LogP contribution >= 0.6 is 0 Å². The van der Waals surface area contributed by atoms with Crippen molar-refractivity contribution in [2.24, 2.45) is 0 Å². The van der Waals surface area contributed by atoms with Gasteiger partial charge in [0.1, 0.15) is 6.54 Å². The summed E-state index contributed by atoms with van der Waals surface area (Å²) in [5.41, 5.74) is -0.404. The average Bonchev–Trinajstić information content (AvgIpc) is 2.65. The number of amides is 1. The molecule has 1 N–H and O–H groups in total. The lowest BCUT2D eigenvalue weighted by atomic mass is 10.0. The van der Waals surface area contributed by atoms with Crippen LogP contribution in [0.5, 0.6) is 0 Å². The van der Waals surface area contributed by atoms with Gasteiger partial charge in [-0.3, -0.25) is 14.5 Å². The van der Waals surface area contributed by atoms with Gasteiger partial charge in [0.25, 0.3) is 5.56 Å². The number of sulfonamides is 1. The second-order valence-corrected chi connectivity index (χ2v) is 9.09. The highest BCUT2D eigenvalue weighted by atomic mass is 32.2. The standard InChI is InChI=1S/C19H32N4O4S/c1-4-23(5-2)28(26,27)17-9-10-19(25)22(14-17)15-18(24)20-11-13-21-12-7-6-8-16(21)3/h9-10,14,16H,4-8,11-13,15H2,1-3H3,(H,20,24)/t16-/m0/s1. The fraction of sp³-hybridized carbons (Fsp3) is 0.684. The third kappa shape index (κ3) is 5.65. The number of rotatable bonds is 9. The molecule has 28 heavy (non-hydrogen) atoms. The van der Waals surface area contributed by atoms with Gasteiger partial charge in [0.05, 0.1) is 4.90 Å². The summed E-state index contributed by atoms with van der Waals surface area (Å²) in [5.74, 6) is -0.302. The van der Waals surface area contributed by atoms with Crippen molar-refractivity contribution in [3.63, 3.8) is 0 Å². The number of carbonyl (C=O) groups excluding carboxylic acids is 1. The van der Waals surface area contributed by atoms with Crippen molar-refractivity contribution < 1.29 is 13.2 Å². The van der Waals surface area contributed by atoms with Crippen molar-refractivity contribution >= 4 is 15.9 Å². The number of nitrogens with zero attached hydrogens (tertiary/aromatic N) is 3. The Morgan fingerprint density at radius 3 is 2.61 bits per heavy atom. The molecule has 9 heteroatoms. The van der Waals surface area contributed by atoms with E-state index in [-0.39, 0.29) is 17.3 Å². The van der Waals surface area contributed by atoms with E-state index in [9.17, 15) is 18.0 Å². The van der Waals surface area contributed by atoms with Crippen LogP contribution in [0.1, 0.15) is 40.0 Å². The van der Waals surface area contributed by atoms with E-state index in [2.05, 4.69) is 17.1 Å². The van der Waals surface area contributed by atoms with Crippen molar-refractivity contribution in [1.82, 2.24) is 19.1 Å². The van der Waals surface area contributed by atoms with Gasteiger partial charge in [0.15, 0.2) is 0 Å². The minimum Gasteiger partial charge on any atom is -0.353 e. The smallest absolute Gasteiger partial charge is 0.251 e. The molecule has 1 aromatic heterocycles. The highest BCUT2D eigenvalue weighted by Gasteiger charge is 2.23. The summed E-state index contributed by atoms with van der Waals surface area (Å²) >= 11 is 0. The van der Waals surface area contributed by atoms with Gasteiger partial charge in [-0.15, -0.1) is 0 Å². The van der Waals surface area contributed by atoms with Crippen LogP contribution in [0, 0.1) is 0 Å². The van der Waals surface area contributed by atoms with Crippen LogP contribution in [-0.4, -0.2) is 66.9 Å². The molecule has 0 aliphatic carbocycles. The maximum atomic E-state index is 12.6. The summed E-state index contributed by atoms with van der Waals surface area (Å²) in [4.78, 5) is 26.7. The van der Waals surface area contributed by atoms with Crippen molar-refractivity contribution in [2.75, 3.05) is 32.7 Å². The SMILES string of the molecule is CCN(CC)S(=O)(=O)c1ccc(=O)n(CC(=O)NCCN2CCCC[C@@H]2C)c1. The fourth-order valence-electron chi connectivity index (χ4n) is 3.54. The van der Waals surface area contributed by atoms with E-state index in [1.54, 1.807) is 13.8 Å². The predicted molar refractivity (Wildman–Crippen MR) is 109 cm³/mol. The Morgan fingerprint density at radius 2 is 1.96 bits per heavy atom. The van der Waals surface area contributed by atoms with Crippen molar-refractivity contribution in [2.45, 2.75) is 57.5 Å². The summed E-state index contributed by atoms with van der Waals surface area (Å²) in [6.07, 6.45) is 4.86. The number of carbonyl (C=O) groups is 1. The highest BCUT2D eigenvalue weighted by Crippen LogP contribution is 2.15. The molecule has 1 aliphatic heterocycles. The van der Waals surface area contributed by atoms with Crippen LogP contribution in [-0.2, 0) is 21.4 Å². The first-order valence-corrected chi connectivity index (χ1v) is 11.4. The molecule has 1 atom stereocenters. The Bertz CT molecular complexity index is 817. The van der Waals surface area contributed by atoms with Crippen LogP contribution in [0.25, 0.3) is 0 Å². The van der Waals surface area contributed by atoms with E-state index >= 15 is 0 Å². The number of pyridine rings is 1. The normalized spacial score (nSPS) is 18.4. The molecular formula is C19H32N4O4S. The number of hydrogen-bond acceptors (Lipinski definition) is 5. The Hall–Kier alpha value is -1.71. The maximum Gasteiger partial charge on any atom is 0.251 e. The van der Waals surface area contributed by atoms with Gasteiger partial charge in [-0.05, 0) is 32.4 Å². The first kappa shape index (κ1) is 22.6. The second kappa shape index (κ2) is 10.2. The molecule has 0 radical (unpaired) electrons. The first-order valence-electron chi connectivity index (χ1n) is 10.0. The zero-order chi connectivity index (χ0) is 20.7. The molecule has 2 rings (SSSR count). The monoisotopic (exact) mass is 412 g/mol. The Morgan fingerprint density at radius 1 is 1.25 bits per heavy atom. The minimum atomic E-state index is -3.68. The van der Waals surface area contributed by atoms with E-state index in [0.717, 1.165) is 17.7 Å². The zero-order valence-corrected chi connectivity index (χ0v) is 17.9. The molecule has 1 aliphatic rings. The summed E-state index contributed by atoms with van der Waals surface area (Å²) in [6, 6.07) is 3.01. The van der Waals surface area contributed by atoms with Gasteiger partial charge in [-0.2, -0.15) is 4.31 Å². The summed E-state index contributed by atoms with van der Waals surface area (Å²) < 4.78 is 27.7. The molecule has 0 aromatic carbocycles. The minimum absolute atomic E-state index is 0.0192. The van der Waals surface area contributed by atoms with Crippen molar-refractivity contribution in [3.05, 3.63) is 28.7 Å². The van der Waals surface area contributed by atoms with Gasteiger partial charge < -0.3 is 9.88 Å². The first-order chi connectivity index (χ1) is 13.3. The van der Waals surface area contributed by atoms with Crippen molar-refractivity contribution in [3.8, 4) is 0 Å². The van der Waals surface area contributed by atoms with E-state index in [0.29, 0.717) is 25.7 Å². The molecule has 1 fully saturated rings. The average molecular weight is 413 g/mol. The summed E-state index contributed by atoms with van der Waals surface area (Å²) in [6.45, 7) is 8.52. The fourth-order valence-corrected chi connectivity index (χ4v) is 5.02. The number of piperidine rings is 1.